The Bertz CT molecular complexity index is 1270. The van der Waals surface area contributed by atoms with E-state index >= 15 is 0 Å². The Morgan fingerprint density at radius 2 is 1.39 bits per heavy atom. The topological polar surface area (TPSA) is 100 Å². The van der Waals surface area contributed by atoms with Gasteiger partial charge in [-0.05, 0) is 0 Å². The lowest BCUT2D eigenvalue weighted by Crippen LogP contribution is -2.04. The van der Waals surface area contributed by atoms with Crippen molar-refractivity contribution >= 4 is 17.3 Å². The molecule has 0 radical (unpaired) electrons. The van der Waals surface area contributed by atoms with E-state index in [2.05, 4.69) is 15.2 Å². The van der Waals surface area contributed by atoms with Crippen molar-refractivity contribution in [2.75, 3.05) is 11.5 Å². The predicted molar refractivity (Wildman–Crippen MR) is 110 cm³/mol. The van der Waals surface area contributed by atoms with E-state index in [0.717, 1.165) is 22.5 Å². The van der Waals surface area contributed by atoms with Gasteiger partial charge >= 0.3 is 0 Å². The van der Waals surface area contributed by atoms with Crippen molar-refractivity contribution in [3.05, 3.63) is 78.9 Å². The van der Waals surface area contributed by atoms with Crippen molar-refractivity contribution in [2.45, 2.75) is 0 Å². The second-order valence-electron chi connectivity index (χ2n) is 6.44. The average molecular weight is 367 g/mol. The molecule has 0 aliphatic carbocycles. The van der Waals surface area contributed by atoms with Crippen molar-refractivity contribution in [3.8, 4) is 28.3 Å². The number of benzene rings is 2. The Hall–Kier alpha value is -4.13. The minimum Gasteiger partial charge on any atom is -0.384 e. The molecule has 3 heterocycles. The van der Waals surface area contributed by atoms with Crippen LogP contribution in [0.3, 0.4) is 0 Å². The maximum absolute atomic E-state index is 6.22. The third-order valence-electron chi connectivity index (χ3n) is 4.53. The second kappa shape index (κ2) is 6.24. The molecule has 4 N–H and O–H groups in total. The van der Waals surface area contributed by atoms with E-state index in [4.69, 9.17) is 11.5 Å². The Labute approximate surface area is 160 Å². The van der Waals surface area contributed by atoms with Crippen LogP contribution in [-0.4, -0.2) is 24.4 Å². The van der Waals surface area contributed by atoms with Gasteiger partial charge < -0.3 is 11.5 Å². The molecule has 7 heteroatoms. The van der Waals surface area contributed by atoms with Gasteiger partial charge in [0.15, 0.2) is 11.5 Å². The molecule has 0 saturated carbocycles. The molecule has 136 valence electrons. The fraction of sp³-hybridized carbons (Fsp3) is 0. The van der Waals surface area contributed by atoms with Crippen molar-refractivity contribution in [1.82, 2.24) is 24.4 Å². The summed E-state index contributed by atoms with van der Waals surface area (Å²) in [5, 5.41) is 9.31. The van der Waals surface area contributed by atoms with Crippen LogP contribution in [0.2, 0.25) is 0 Å². The molecule has 0 atom stereocenters. The van der Waals surface area contributed by atoms with Crippen LogP contribution in [-0.2, 0) is 0 Å². The van der Waals surface area contributed by atoms with Crippen LogP contribution < -0.4 is 11.5 Å². The standard InChI is InChI=1S/C21H17N7/c22-18-12-17(15-9-5-2-6-10-15)27-20(24-18)13-21(26-27)28-19(23)11-16(25-28)14-7-3-1-4-8-14/h1-13H,23H2,(H2,22,24). The van der Waals surface area contributed by atoms with Crippen LogP contribution in [0.1, 0.15) is 0 Å². The molecule has 0 unspecified atom stereocenters. The number of aromatic nitrogens is 5. The Balaban J connectivity index is 1.66. The van der Waals surface area contributed by atoms with E-state index in [1.54, 1.807) is 15.3 Å². The van der Waals surface area contributed by atoms with Gasteiger partial charge in [-0.15, -0.1) is 5.10 Å². The highest BCUT2D eigenvalue weighted by atomic mass is 15.4. The maximum atomic E-state index is 6.22. The zero-order valence-corrected chi connectivity index (χ0v) is 14.9. The van der Waals surface area contributed by atoms with Crippen LogP contribution in [0.4, 0.5) is 11.6 Å². The van der Waals surface area contributed by atoms with Gasteiger partial charge in [0.1, 0.15) is 11.6 Å². The lowest BCUT2D eigenvalue weighted by atomic mass is 10.1. The molecule has 0 aliphatic heterocycles. The molecule has 7 nitrogen and oxygen atoms in total. The minimum atomic E-state index is 0.427. The maximum Gasteiger partial charge on any atom is 0.180 e. The molecule has 0 saturated heterocycles. The van der Waals surface area contributed by atoms with E-state index in [-0.39, 0.29) is 0 Å². The van der Waals surface area contributed by atoms with E-state index in [9.17, 15) is 0 Å². The molecular weight excluding hydrogens is 350 g/mol. The van der Waals surface area contributed by atoms with Crippen LogP contribution >= 0.6 is 0 Å². The number of hydrogen-bond acceptors (Lipinski definition) is 5. The molecule has 0 spiro atoms. The molecule has 5 rings (SSSR count). The molecule has 0 aliphatic rings. The largest absolute Gasteiger partial charge is 0.384 e. The summed E-state index contributed by atoms with van der Waals surface area (Å²) in [6.07, 6.45) is 0. The fourth-order valence-corrected chi connectivity index (χ4v) is 3.23. The van der Waals surface area contributed by atoms with Gasteiger partial charge in [0.25, 0.3) is 0 Å². The summed E-state index contributed by atoms with van der Waals surface area (Å²) >= 11 is 0. The first kappa shape index (κ1) is 16.1. The minimum absolute atomic E-state index is 0.427. The molecule has 0 fully saturated rings. The summed E-state index contributed by atoms with van der Waals surface area (Å²) in [5.74, 6) is 1.50. The van der Waals surface area contributed by atoms with Gasteiger partial charge in [0.05, 0.1) is 11.4 Å². The van der Waals surface area contributed by atoms with E-state index < -0.39 is 0 Å². The number of anilines is 2. The highest BCUT2D eigenvalue weighted by Crippen LogP contribution is 2.26. The normalized spacial score (nSPS) is 11.1. The lowest BCUT2D eigenvalue weighted by Gasteiger charge is -2.05. The van der Waals surface area contributed by atoms with Gasteiger partial charge in [-0.2, -0.15) is 9.78 Å². The highest BCUT2D eigenvalue weighted by Gasteiger charge is 2.15. The first-order valence-electron chi connectivity index (χ1n) is 8.82. The van der Waals surface area contributed by atoms with Gasteiger partial charge in [0.2, 0.25) is 0 Å². The Kier molecular flexibility index (Phi) is 3.58. The number of rotatable bonds is 3. The van der Waals surface area contributed by atoms with E-state index in [1.807, 2.05) is 72.8 Å². The third kappa shape index (κ3) is 2.66. The lowest BCUT2D eigenvalue weighted by molar-refractivity contribution is 0.825. The summed E-state index contributed by atoms with van der Waals surface area (Å²) in [6.45, 7) is 0. The van der Waals surface area contributed by atoms with E-state index in [0.29, 0.717) is 23.1 Å². The predicted octanol–water partition coefficient (Wildman–Crippen LogP) is 3.41. The van der Waals surface area contributed by atoms with E-state index in [1.165, 1.54) is 0 Å². The van der Waals surface area contributed by atoms with Crippen molar-refractivity contribution in [3.63, 3.8) is 0 Å². The van der Waals surface area contributed by atoms with Gasteiger partial charge in [0, 0.05) is 29.3 Å². The molecule has 2 aromatic carbocycles. The highest BCUT2D eigenvalue weighted by molar-refractivity contribution is 5.68. The first-order chi connectivity index (χ1) is 13.7. The van der Waals surface area contributed by atoms with Crippen LogP contribution in [0.25, 0.3) is 34.0 Å². The molecule has 0 bridgehead atoms. The monoisotopic (exact) mass is 367 g/mol. The van der Waals surface area contributed by atoms with Crippen LogP contribution in [0, 0.1) is 0 Å². The summed E-state index contributed by atoms with van der Waals surface area (Å²) in [4.78, 5) is 4.40. The quantitative estimate of drug-likeness (QED) is 0.509. The summed E-state index contributed by atoms with van der Waals surface area (Å²) < 4.78 is 3.37. The molecular formula is C21H17N7. The smallest absolute Gasteiger partial charge is 0.180 e. The number of nitrogen functional groups attached to an aromatic ring is 2. The zero-order valence-electron chi connectivity index (χ0n) is 14.9. The van der Waals surface area contributed by atoms with Crippen LogP contribution in [0.15, 0.2) is 78.9 Å². The first-order valence-corrected chi connectivity index (χ1v) is 8.82. The molecule has 28 heavy (non-hydrogen) atoms. The SMILES string of the molecule is Nc1cc(-c2ccccc2)n2nc(-n3nc(-c4ccccc4)cc3N)cc2n1. The van der Waals surface area contributed by atoms with Gasteiger partial charge in [-0.25, -0.2) is 9.50 Å². The number of nitrogens with two attached hydrogens (primary N) is 2. The number of fused-ring (bicyclic) bond motifs is 1. The van der Waals surface area contributed by atoms with Crippen LogP contribution in [0.5, 0.6) is 0 Å². The Morgan fingerprint density at radius 3 is 2.11 bits per heavy atom. The average Bonchev–Trinajstić information content (AvgIpc) is 3.32. The van der Waals surface area contributed by atoms with Crippen molar-refractivity contribution in [1.29, 1.82) is 0 Å². The van der Waals surface area contributed by atoms with Crippen molar-refractivity contribution < 1.29 is 0 Å². The van der Waals surface area contributed by atoms with Crippen molar-refractivity contribution in [2.24, 2.45) is 0 Å². The third-order valence-corrected chi connectivity index (χ3v) is 4.53. The molecule has 5 aromatic rings. The van der Waals surface area contributed by atoms with Gasteiger partial charge in [-0.1, -0.05) is 60.7 Å². The Morgan fingerprint density at radius 1 is 0.714 bits per heavy atom. The number of nitrogens with zero attached hydrogens (tertiary/aromatic N) is 5. The van der Waals surface area contributed by atoms with Gasteiger partial charge in [-0.3, -0.25) is 0 Å². The number of hydrogen-bond donors (Lipinski definition) is 2. The fourth-order valence-electron chi connectivity index (χ4n) is 3.23. The molecule has 0 amide bonds. The second-order valence-corrected chi connectivity index (χ2v) is 6.44. The molecule has 3 aromatic heterocycles. The summed E-state index contributed by atoms with van der Waals surface area (Å²) in [5.41, 5.74) is 16.5. The zero-order chi connectivity index (χ0) is 19.1. The summed E-state index contributed by atoms with van der Waals surface area (Å²) in [7, 11) is 0. The summed E-state index contributed by atoms with van der Waals surface area (Å²) in [6, 6.07) is 25.3.